The fourth-order valence-corrected chi connectivity index (χ4v) is 1.41. The Morgan fingerprint density at radius 1 is 1.28 bits per heavy atom. The molecule has 0 saturated heterocycles. The van der Waals surface area contributed by atoms with Crippen LogP contribution < -0.4 is 16.0 Å². The lowest BCUT2D eigenvalue weighted by Crippen LogP contribution is -2.42. The molecule has 1 rings (SSSR count). The second-order valence-electron chi connectivity index (χ2n) is 4.01. The van der Waals surface area contributed by atoms with Gasteiger partial charge in [0.25, 0.3) is 0 Å². The Morgan fingerprint density at radius 3 is 2.56 bits per heavy atom. The van der Waals surface area contributed by atoms with Crippen LogP contribution in [-0.2, 0) is 4.79 Å². The highest BCUT2D eigenvalue weighted by Gasteiger charge is 2.07. The van der Waals surface area contributed by atoms with Gasteiger partial charge in [0.05, 0.1) is 17.3 Å². The Balaban J connectivity index is 2.39. The van der Waals surface area contributed by atoms with Crippen LogP contribution in [0.15, 0.2) is 24.3 Å². The summed E-state index contributed by atoms with van der Waals surface area (Å²) in [4.78, 5) is 22.8. The zero-order valence-electron chi connectivity index (χ0n) is 10.3. The maximum absolute atomic E-state index is 11.5. The number of benzene rings is 1. The van der Waals surface area contributed by atoms with Crippen LogP contribution in [0.1, 0.15) is 13.8 Å². The lowest BCUT2D eigenvalue weighted by atomic mass is 10.3. The molecule has 1 aromatic rings. The Hall–Kier alpha value is -1.75. The molecular weight excluding hydrogens is 254 g/mol. The minimum absolute atomic E-state index is 0.0247. The summed E-state index contributed by atoms with van der Waals surface area (Å²) in [6.07, 6.45) is 0. The first-order chi connectivity index (χ1) is 8.49. The van der Waals surface area contributed by atoms with Gasteiger partial charge in [0.2, 0.25) is 5.91 Å². The number of halogens is 1. The van der Waals surface area contributed by atoms with E-state index in [2.05, 4.69) is 16.0 Å². The third kappa shape index (κ3) is 5.05. The lowest BCUT2D eigenvalue weighted by Gasteiger charge is -2.10. The molecule has 0 heterocycles. The maximum Gasteiger partial charge on any atom is 0.315 e. The minimum atomic E-state index is -0.376. The highest BCUT2D eigenvalue weighted by atomic mass is 35.5. The quantitative estimate of drug-likeness (QED) is 0.782. The van der Waals surface area contributed by atoms with Crippen molar-refractivity contribution in [3.8, 4) is 0 Å². The molecule has 3 amide bonds. The van der Waals surface area contributed by atoms with Gasteiger partial charge >= 0.3 is 6.03 Å². The van der Waals surface area contributed by atoms with Crippen molar-refractivity contribution in [2.75, 3.05) is 11.9 Å². The third-order valence-corrected chi connectivity index (χ3v) is 2.31. The van der Waals surface area contributed by atoms with Gasteiger partial charge in [-0.3, -0.25) is 4.79 Å². The average Bonchev–Trinajstić information content (AvgIpc) is 2.29. The molecule has 98 valence electrons. The zero-order chi connectivity index (χ0) is 13.5. The van der Waals surface area contributed by atoms with E-state index in [0.29, 0.717) is 10.7 Å². The van der Waals surface area contributed by atoms with Crippen LogP contribution in [-0.4, -0.2) is 24.5 Å². The summed E-state index contributed by atoms with van der Waals surface area (Å²) in [7, 11) is 0. The second kappa shape index (κ2) is 6.86. The predicted octanol–water partition coefficient (Wildman–Crippen LogP) is 1.99. The summed E-state index contributed by atoms with van der Waals surface area (Å²) in [5.41, 5.74) is 0.523. The van der Waals surface area contributed by atoms with Gasteiger partial charge in [0.15, 0.2) is 0 Å². The van der Waals surface area contributed by atoms with Crippen molar-refractivity contribution >= 4 is 29.2 Å². The number of nitrogens with one attached hydrogen (secondary N) is 3. The van der Waals surface area contributed by atoms with Crippen molar-refractivity contribution < 1.29 is 9.59 Å². The monoisotopic (exact) mass is 269 g/mol. The number of hydrogen-bond acceptors (Lipinski definition) is 2. The molecule has 0 aliphatic carbocycles. The van der Waals surface area contributed by atoms with Crippen LogP contribution in [0.3, 0.4) is 0 Å². The van der Waals surface area contributed by atoms with Crippen molar-refractivity contribution in [1.29, 1.82) is 0 Å². The zero-order valence-corrected chi connectivity index (χ0v) is 11.0. The van der Waals surface area contributed by atoms with Crippen LogP contribution in [0.25, 0.3) is 0 Å². The van der Waals surface area contributed by atoms with E-state index in [4.69, 9.17) is 11.6 Å². The van der Waals surface area contributed by atoms with Gasteiger partial charge in [0.1, 0.15) is 0 Å². The molecular formula is C12H16ClN3O2. The van der Waals surface area contributed by atoms with Crippen LogP contribution in [0, 0.1) is 0 Å². The molecule has 5 nitrogen and oxygen atoms in total. The summed E-state index contributed by atoms with van der Waals surface area (Å²) in [6, 6.07) is 6.55. The Bertz CT molecular complexity index is 435. The molecule has 0 aromatic heterocycles. The average molecular weight is 270 g/mol. The maximum atomic E-state index is 11.5. The van der Waals surface area contributed by atoms with E-state index >= 15 is 0 Å². The number of rotatable bonds is 4. The van der Waals surface area contributed by atoms with Crippen molar-refractivity contribution in [2.45, 2.75) is 19.9 Å². The van der Waals surface area contributed by atoms with Gasteiger partial charge in [-0.15, -0.1) is 0 Å². The van der Waals surface area contributed by atoms with E-state index in [1.54, 1.807) is 24.3 Å². The number of amides is 3. The van der Waals surface area contributed by atoms with E-state index in [0.717, 1.165) is 0 Å². The summed E-state index contributed by atoms with van der Waals surface area (Å²) in [6.45, 7) is 3.57. The van der Waals surface area contributed by atoms with Gasteiger partial charge in [-0.1, -0.05) is 23.7 Å². The SMILES string of the molecule is CC(C)NC(=O)NCC(=O)Nc1ccccc1Cl. The first kappa shape index (κ1) is 14.3. The molecule has 18 heavy (non-hydrogen) atoms. The van der Waals surface area contributed by atoms with E-state index in [9.17, 15) is 9.59 Å². The molecule has 0 atom stereocenters. The third-order valence-electron chi connectivity index (χ3n) is 1.98. The van der Waals surface area contributed by atoms with Crippen LogP contribution in [0.5, 0.6) is 0 Å². The predicted molar refractivity (Wildman–Crippen MR) is 71.8 cm³/mol. The van der Waals surface area contributed by atoms with Crippen LogP contribution in [0.2, 0.25) is 5.02 Å². The van der Waals surface area contributed by atoms with Gasteiger partial charge in [-0.05, 0) is 26.0 Å². The van der Waals surface area contributed by atoms with Gasteiger partial charge in [-0.25, -0.2) is 4.79 Å². The molecule has 0 saturated carbocycles. The summed E-state index contributed by atoms with van der Waals surface area (Å²) in [5.74, 6) is -0.331. The summed E-state index contributed by atoms with van der Waals surface area (Å²) < 4.78 is 0. The molecule has 0 aliphatic rings. The number of anilines is 1. The largest absolute Gasteiger partial charge is 0.336 e. The van der Waals surface area contributed by atoms with Crippen molar-refractivity contribution in [3.05, 3.63) is 29.3 Å². The fraction of sp³-hybridized carbons (Fsp3) is 0.333. The number of urea groups is 1. The number of carbonyl (C=O) groups excluding carboxylic acids is 2. The number of hydrogen-bond donors (Lipinski definition) is 3. The lowest BCUT2D eigenvalue weighted by molar-refractivity contribution is -0.115. The topological polar surface area (TPSA) is 70.2 Å². The molecule has 0 aliphatic heterocycles. The Kier molecular flexibility index (Phi) is 5.45. The highest BCUT2D eigenvalue weighted by molar-refractivity contribution is 6.33. The van der Waals surface area contributed by atoms with Gasteiger partial charge in [-0.2, -0.15) is 0 Å². The molecule has 0 bridgehead atoms. The standard InChI is InChI=1S/C12H16ClN3O2/c1-8(2)15-12(18)14-7-11(17)16-10-6-4-3-5-9(10)13/h3-6,8H,7H2,1-2H3,(H,16,17)(H2,14,15,18). The first-order valence-electron chi connectivity index (χ1n) is 5.58. The fourth-order valence-electron chi connectivity index (χ4n) is 1.23. The van der Waals surface area contributed by atoms with E-state index < -0.39 is 0 Å². The number of para-hydroxylation sites is 1. The van der Waals surface area contributed by atoms with Gasteiger partial charge in [0, 0.05) is 6.04 Å². The smallest absolute Gasteiger partial charge is 0.315 e. The molecule has 6 heteroatoms. The molecule has 0 fully saturated rings. The molecule has 0 spiro atoms. The first-order valence-corrected chi connectivity index (χ1v) is 5.95. The number of carbonyl (C=O) groups is 2. The molecule has 1 aromatic carbocycles. The summed E-state index contributed by atoms with van der Waals surface area (Å²) >= 11 is 5.89. The van der Waals surface area contributed by atoms with Crippen molar-refractivity contribution in [2.24, 2.45) is 0 Å². The van der Waals surface area contributed by atoms with Crippen LogP contribution >= 0.6 is 11.6 Å². The van der Waals surface area contributed by atoms with E-state index in [1.165, 1.54) is 0 Å². The summed E-state index contributed by atoms with van der Waals surface area (Å²) in [5, 5.41) is 8.13. The van der Waals surface area contributed by atoms with Crippen LogP contribution in [0.4, 0.5) is 10.5 Å². The van der Waals surface area contributed by atoms with E-state index in [-0.39, 0.29) is 24.5 Å². The molecule has 0 radical (unpaired) electrons. The Labute approximate surface area is 111 Å². The van der Waals surface area contributed by atoms with Gasteiger partial charge < -0.3 is 16.0 Å². The molecule has 0 unspecified atom stereocenters. The normalized spacial score (nSPS) is 10.0. The minimum Gasteiger partial charge on any atom is -0.336 e. The Morgan fingerprint density at radius 2 is 1.94 bits per heavy atom. The van der Waals surface area contributed by atoms with Crippen molar-refractivity contribution in [1.82, 2.24) is 10.6 Å². The molecule has 3 N–H and O–H groups in total. The second-order valence-corrected chi connectivity index (χ2v) is 4.42. The highest BCUT2D eigenvalue weighted by Crippen LogP contribution is 2.19. The van der Waals surface area contributed by atoms with E-state index in [1.807, 2.05) is 13.8 Å². The van der Waals surface area contributed by atoms with Crippen molar-refractivity contribution in [3.63, 3.8) is 0 Å².